The third-order valence-electron chi connectivity index (χ3n) is 6.97. The number of aliphatic hydroxyl groups is 2. The lowest BCUT2D eigenvalue weighted by molar-refractivity contribution is -0.141. The Hall–Kier alpha value is -1.68. The molecule has 196 valence electrons. The molecule has 1 aromatic heterocycles. The van der Waals surface area contributed by atoms with Gasteiger partial charge in [0.05, 0.1) is 18.2 Å². The van der Waals surface area contributed by atoms with E-state index in [2.05, 4.69) is 20.9 Å². The van der Waals surface area contributed by atoms with E-state index in [4.69, 9.17) is 23.2 Å². The van der Waals surface area contributed by atoms with Crippen molar-refractivity contribution >= 4 is 28.8 Å². The van der Waals surface area contributed by atoms with Gasteiger partial charge in [0.1, 0.15) is 0 Å². The van der Waals surface area contributed by atoms with Gasteiger partial charge in [-0.25, -0.2) is 4.98 Å². The molecule has 0 saturated carbocycles. The van der Waals surface area contributed by atoms with E-state index in [9.17, 15) is 23.4 Å². The smallest absolute Gasteiger partial charge is 0.395 e. The minimum atomic E-state index is -4.59. The van der Waals surface area contributed by atoms with Gasteiger partial charge in [0.25, 0.3) is 0 Å². The quantitative estimate of drug-likeness (QED) is 0.454. The molecule has 10 heteroatoms. The van der Waals surface area contributed by atoms with E-state index in [-0.39, 0.29) is 19.3 Å². The molecule has 1 unspecified atom stereocenters. The van der Waals surface area contributed by atoms with Crippen molar-refractivity contribution < 1.29 is 23.4 Å². The zero-order chi connectivity index (χ0) is 25.9. The van der Waals surface area contributed by atoms with Gasteiger partial charge in [0.15, 0.2) is 5.69 Å². The summed E-state index contributed by atoms with van der Waals surface area (Å²) in [6, 6.07) is 8.88. The van der Waals surface area contributed by atoms with Crippen molar-refractivity contribution in [2.24, 2.45) is 0 Å². The van der Waals surface area contributed by atoms with E-state index < -0.39 is 16.9 Å². The van der Waals surface area contributed by atoms with E-state index in [1.807, 2.05) is 12.1 Å². The number of aliphatic hydroxyl groups excluding tert-OH is 2. The molecule has 1 aromatic carbocycles. The summed E-state index contributed by atoms with van der Waals surface area (Å²) in [5.74, 6) is 0. The average molecular weight is 544 g/mol. The highest BCUT2D eigenvalue weighted by Crippen LogP contribution is 2.42. The molecule has 1 atom stereocenters. The lowest BCUT2D eigenvalue weighted by Gasteiger charge is -2.40. The van der Waals surface area contributed by atoms with E-state index in [1.165, 1.54) is 28.3 Å². The summed E-state index contributed by atoms with van der Waals surface area (Å²) < 4.78 is 39.6. The van der Waals surface area contributed by atoms with E-state index in [1.54, 1.807) is 6.07 Å². The first-order valence-corrected chi connectivity index (χ1v) is 12.9. The number of hydrogen-bond acceptors (Lipinski definition) is 5. The molecule has 4 rings (SSSR count). The maximum Gasteiger partial charge on any atom is 0.434 e. The molecule has 2 heterocycles. The first-order valence-electron chi connectivity index (χ1n) is 12.1. The Kier molecular flexibility index (Phi) is 8.96. The van der Waals surface area contributed by atoms with Crippen molar-refractivity contribution in [2.45, 2.75) is 37.9 Å². The van der Waals surface area contributed by atoms with Gasteiger partial charge in [-0.1, -0.05) is 29.3 Å². The van der Waals surface area contributed by atoms with Crippen LogP contribution in [0.15, 0.2) is 35.9 Å². The first-order chi connectivity index (χ1) is 17.2. The van der Waals surface area contributed by atoms with Crippen LogP contribution in [0.4, 0.5) is 13.2 Å². The number of aromatic nitrogens is 1. The van der Waals surface area contributed by atoms with E-state index in [0.717, 1.165) is 19.4 Å². The van der Waals surface area contributed by atoms with Crippen molar-refractivity contribution in [3.05, 3.63) is 68.5 Å². The summed E-state index contributed by atoms with van der Waals surface area (Å²) in [7, 11) is 0. The van der Waals surface area contributed by atoms with Gasteiger partial charge in [0.2, 0.25) is 0 Å². The summed E-state index contributed by atoms with van der Waals surface area (Å²) in [5.41, 5.74) is 4.41. The van der Waals surface area contributed by atoms with Crippen LogP contribution in [0.25, 0.3) is 5.57 Å². The standard InChI is InChI=1S/C26H30Cl2F3N3O2/c27-18-4-3-17-14-22-20(21(17)15-18)7-9-34(24(22)16-33(10-12-35)11-13-36)8-1-2-19-5-6-23(28)25(32-19)26(29,30)31/h3-6,15,24,35-36H,1-2,7-14,16H2. The second-order valence-corrected chi connectivity index (χ2v) is 10.1. The van der Waals surface area contributed by atoms with Gasteiger partial charge in [0, 0.05) is 42.9 Å². The zero-order valence-electron chi connectivity index (χ0n) is 19.9. The van der Waals surface area contributed by atoms with Gasteiger partial charge in [-0.3, -0.25) is 9.80 Å². The Morgan fingerprint density at radius 2 is 1.83 bits per heavy atom. The van der Waals surface area contributed by atoms with Gasteiger partial charge in [-0.15, -0.1) is 0 Å². The highest BCUT2D eigenvalue weighted by molar-refractivity contribution is 6.31. The fraction of sp³-hybridized carbons (Fsp3) is 0.500. The molecule has 2 aromatic rings. The monoisotopic (exact) mass is 543 g/mol. The molecule has 1 aliphatic heterocycles. The van der Waals surface area contributed by atoms with E-state index in [0.29, 0.717) is 49.7 Å². The minimum absolute atomic E-state index is 0.00175. The topological polar surface area (TPSA) is 59.8 Å². The van der Waals surface area contributed by atoms with Crippen LogP contribution in [0, 0.1) is 0 Å². The highest BCUT2D eigenvalue weighted by Gasteiger charge is 2.36. The molecular formula is C26H30Cl2F3N3O2. The molecule has 0 radical (unpaired) electrons. The van der Waals surface area contributed by atoms with Crippen molar-refractivity contribution in [2.75, 3.05) is 45.9 Å². The molecule has 2 N–H and O–H groups in total. The molecule has 0 bridgehead atoms. The normalized spacial score (nSPS) is 18.2. The second-order valence-electron chi connectivity index (χ2n) is 9.27. The summed E-state index contributed by atoms with van der Waals surface area (Å²) in [6.07, 6.45) is -1.84. The van der Waals surface area contributed by atoms with Crippen LogP contribution in [0.2, 0.25) is 10.0 Å². The number of aryl methyl sites for hydroxylation is 1. The van der Waals surface area contributed by atoms with Crippen LogP contribution < -0.4 is 0 Å². The molecule has 36 heavy (non-hydrogen) atoms. The average Bonchev–Trinajstić information content (AvgIpc) is 3.19. The third kappa shape index (κ3) is 6.23. The summed E-state index contributed by atoms with van der Waals surface area (Å²) in [5, 5.41) is 19.4. The predicted octanol–water partition coefficient (Wildman–Crippen LogP) is 4.71. The summed E-state index contributed by atoms with van der Waals surface area (Å²) in [4.78, 5) is 8.19. The van der Waals surface area contributed by atoms with Crippen molar-refractivity contribution in [3.8, 4) is 0 Å². The molecule has 0 amide bonds. The third-order valence-corrected chi connectivity index (χ3v) is 7.51. The number of benzene rings is 1. The van der Waals surface area contributed by atoms with Crippen molar-refractivity contribution in [3.63, 3.8) is 0 Å². The number of hydrogen-bond donors (Lipinski definition) is 2. The lowest BCUT2D eigenvalue weighted by atomic mass is 9.92. The molecule has 1 aliphatic carbocycles. The summed E-state index contributed by atoms with van der Waals surface area (Å²) >= 11 is 12.0. The van der Waals surface area contributed by atoms with Crippen LogP contribution in [0.3, 0.4) is 0 Å². The second kappa shape index (κ2) is 11.8. The van der Waals surface area contributed by atoms with Crippen molar-refractivity contribution in [1.29, 1.82) is 0 Å². The van der Waals surface area contributed by atoms with Crippen molar-refractivity contribution in [1.82, 2.24) is 14.8 Å². The van der Waals surface area contributed by atoms with Crippen LogP contribution in [-0.2, 0) is 19.0 Å². The largest absolute Gasteiger partial charge is 0.434 e. The zero-order valence-corrected chi connectivity index (χ0v) is 21.4. The van der Waals surface area contributed by atoms with Crippen LogP contribution >= 0.6 is 23.2 Å². The van der Waals surface area contributed by atoms with Gasteiger partial charge in [-0.05, 0) is 78.8 Å². The Labute approximate surface area is 219 Å². The number of nitrogens with zero attached hydrogens (tertiary/aromatic N) is 3. The van der Waals surface area contributed by atoms with Crippen LogP contribution in [0.1, 0.15) is 35.4 Å². The number of alkyl halides is 3. The molecule has 0 saturated heterocycles. The van der Waals surface area contributed by atoms with Gasteiger partial charge < -0.3 is 10.2 Å². The molecule has 2 aliphatic rings. The molecular weight excluding hydrogens is 514 g/mol. The van der Waals surface area contributed by atoms with Gasteiger partial charge >= 0.3 is 6.18 Å². The molecule has 0 fully saturated rings. The molecule has 5 nitrogen and oxygen atoms in total. The predicted molar refractivity (Wildman–Crippen MR) is 135 cm³/mol. The van der Waals surface area contributed by atoms with E-state index >= 15 is 0 Å². The minimum Gasteiger partial charge on any atom is -0.395 e. The van der Waals surface area contributed by atoms with Crippen LogP contribution in [-0.4, -0.2) is 77.0 Å². The Morgan fingerprint density at radius 1 is 1.08 bits per heavy atom. The SMILES string of the molecule is OCCN(CCO)CC1C2=C(CCN1CCCc1ccc(Cl)c(C(F)(F)F)n1)c1cc(Cl)ccc1C2. The number of rotatable bonds is 10. The number of fused-ring (bicyclic) bond motifs is 2. The first kappa shape index (κ1) is 27.4. The van der Waals surface area contributed by atoms with Gasteiger partial charge in [-0.2, -0.15) is 13.2 Å². The maximum absolute atomic E-state index is 13.2. The number of halogens is 5. The lowest BCUT2D eigenvalue weighted by Crippen LogP contribution is -2.49. The Balaban J connectivity index is 1.51. The Morgan fingerprint density at radius 3 is 2.53 bits per heavy atom. The number of pyridine rings is 1. The Bertz CT molecular complexity index is 1100. The van der Waals surface area contributed by atoms with Crippen LogP contribution in [0.5, 0.6) is 0 Å². The molecule has 0 spiro atoms. The maximum atomic E-state index is 13.2. The highest BCUT2D eigenvalue weighted by atomic mass is 35.5. The fourth-order valence-corrected chi connectivity index (χ4v) is 5.70. The fourth-order valence-electron chi connectivity index (χ4n) is 5.31. The summed E-state index contributed by atoms with van der Waals surface area (Å²) in [6.45, 7) is 3.07.